The number of hydrogen-bond donors (Lipinski definition) is 1. The molecule has 1 atom stereocenters. The lowest BCUT2D eigenvalue weighted by Crippen LogP contribution is -2.55. The fourth-order valence-corrected chi connectivity index (χ4v) is 6.97. The highest BCUT2D eigenvalue weighted by Gasteiger charge is 2.36. The lowest BCUT2D eigenvalue weighted by Gasteiger charge is -2.41. The van der Waals surface area contributed by atoms with Gasteiger partial charge in [0, 0.05) is 62.1 Å². The zero-order chi connectivity index (χ0) is 28.7. The Bertz CT molecular complexity index is 1500. The normalized spacial score (nSPS) is 17.0. The van der Waals surface area contributed by atoms with Gasteiger partial charge in [-0.1, -0.05) is 11.6 Å². The van der Waals surface area contributed by atoms with E-state index in [1.54, 1.807) is 12.1 Å². The summed E-state index contributed by atoms with van der Waals surface area (Å²) in [6.07, 6.45) is -2.87. The SMILES string of the molecule is C[C@H](C(=O)N1CCN(c2ccc(S(=O)(=O)Nc3nc(C(F)(F)F)ns3)cc2)CC1)N1CCCc2cc(Cl)ccc21.[HH]. The summed E-state index contributed by atoms with van der Waals surface area (Å²) in [6.45, 7) is 4.90. The van der Waals surface area contributed by atoms with Crippen LogP contribution in [0.15, 0.2) is 47.4 Å². The summed E-state index contributed by atoms with van der Waals surface area (Å²) in [5, 5.41) is 0.220. The van der Waals surface area contributed by atoms with Gasteiger partial charge in [0.2, 0.25) is 16.9 Å². The van der Waals surface area contributed by atoms with Gasteiger partial charge < -0.3 is 14.7 Å². The first-order valence-electron chi connectivity index (χ1n) is 12.5. The molecule has 1 saturated heterocycles. The highest BCUT2D eigenvalue weighted by atomic mass is 35.5. The Kier molecular flexibility index (Phi) is 7.86. The Balaban J connectivity index is 0.00000387. The maximum absolute atomic E-state index is 13.4. The van der Waals surface area contributed by atoms with Crippen molar-refractivity contribution >= 4 is 55.6 Å². The summed E-state index contributed by atoms with van der Waals surface area (Å²) in [5.74, 6) is -1.34. The van der Waals surface area contributed by atoms with Crippen LogP contribution in [0.1, 0.15) is 26.2 Å². The minimum absolute atomic E-state index is 0. The summed E-state index contributed by atoms with van der Waals surface area (Å²) in [5.41, 5.74) is 2.97. The van der Waals surface area contributed by atoms with Crippen LogP contribution in [-0.4, -0.2) is 67.3 Å². The number of fused-ring (bicyclic) bond motifs is 1. The van der Waals surface area contributed by atoms with Gasteiger partial charge in [0.1, 0.15) is 6.04 Å². The Morgan fingerprint density at radius 3 is 2.45 bits per heavy atom. The van der Waals surface area contributed by atoms with E-state index in [1.165, 1.54) is 12.1 Å². The van der Waals surface area contributed by atoms with Crippen molar-refractivity contribution in [3.63, 3.8) is 0 Å². The fraction of sp³-hybridized carbons (Fsp3) is 0.400. The molecular formula is C25H28ClF3N6O3S2. The van der Waals surface area contributed by atoms with Crippen LogP contribution in [0, 0.1) is 0 Å². The molecule has 216 valence electrons. The average molecular weight is 617 g/mol. The number of sulfonamides is 1. The van der Waals surface area contributed by atoms with Crippen molar-refractivity contribution in [3.8, 4) is 0 Å². The highest BCUT2D eigenvalue weighted by Crippen LogP contribution is 2.32. The largest absolute Gasteiger partial charge is 0.452 e. The number of piperazine rings is 1. The third kappa shape index (κ3) is 5.98. The van der Waals surface area contributed by atoms with Gasteiger partial charge in [-0.3, -0.25) is 9.52 Å². The van der Waals surface area contributed by atoms with Crippen molar-refractivity contribution in [1.29, 1.82) is 0 Å². The van der Waals surface area contributed by atoms with Crippen molar-refractivity contribution < 1.29 is 27.8 Å². The number of carbonyl (C=O) groups excluding carboxylic acids is 1. The molecule has 1 N–H and O–H groups in total. The van der Waals surface area contributed by atoms with E-state index in [9.17, 15) is 26.4 Å². The molecule has 5 rings (SSSR count). The van der Waals surface area contributed by atoms with Gasteiger partial charge in [-0.2, -0.15) is 22.5 Å². The summed E-state index contributed by atoms with van der Waals surface area (Å²) in [7, 11) is -4.15. The van der Waals surface area contributed by atoms with Gasteiger partial charge in [0.25, 0.3) is 10.0 Å². The average Bonchev–Trinajstić information content (AvgIpc) is 3.40. The van der Waals surface area contributed by atoms with E-state index >= 15 is 0 Å². The molecule has 2 aliphatic heterocycles. The van der Waals surface area contributed by atoms with Crippen molar-refractivity contribution in [2.75, 3.05) is 47.2 Å². The van der Waals surface area contributed by atoms with E-state index in [2.05, 4.69) is 19.2 Å². The predicted molar refractivity (Wildman–Crippen MR) is 150 cm³/mol. The van der Waals surface area contributed by atoms with Gasteiger partial charge in [0.05, 0.1) is 4.90 Å². The van der Waals surface area contributed by atoms with Crippen molar-refractivity contribution in [1.82, 2.24) is 14.3 Å². The number of carbonyl (C=O) groups is 1. The molecule has 1 aromatic heterocycles. The number of halogens is 4. The van der Waals surface area contributed by atoms with Crippen LogP contribution < -0.4 is 14.5 Å². The smallest absolute Gasteiger partial charge is 0.368 e. The second-order valence-corrected chi connectivity index (χ2v) is 12.4. The van der Waals surface area contributed by atoms with Gasteiger partial charge >= 0.3 is 6.18 Å². The van der Waals surface area contributed by atoms with E-state index in [0.717, 1.165) is 36.3 Å². The number of aromatic nitrogens is 2. The second-order valence-electron chi connectivity index (χ2n) is 9.58. The molecule has 1 fully saturated rings. The van der Waals surface area contributed by atoms with Crippen LogP contribution in [0.2, 0.25) is 5.02 Å². The van der Waals surface area contributed by atoms with Gasteiger partial charge in [-0.25, -0.2) is 8.42 Å². The van der Waals surface area contributed by atoms with Crippen molar-refractivity contribution in [2.45, 2.75) is 36.9 Å². The molecule has 0 aliphatic carbocycles. The van der Waals surface area contributed by atoms with Crippen LogP contribution in [0.5, 0.6) is 0 Å². The summed E-state index contributed by atoms with van der Waals surface area (Å²) < 4.78 is 68.6. The van der Waals surface area contributed by atoms with Gasteiger partial charge in [-0.05, 0) is 67.8 Å². The van der Waals surface area contributed by atoms with E-state index in [-0.39, 0.29) is 18.3 Å². The zero-order valence-electron chi connectivity index (χ0n) is 21.4. The number of anilines is 3. The molecule has 0 spiro atoms. The minimum atomic E-state index is -4.76. The molecule has 1 amide bonds. The Hall–Kier alpha value is -3.10. The molecule has 0 bridgehead atoms. The second kappa shape index (κ2) is 11.1. The van der Waals surface area contributed by atoms with Gasteiger partial charge in [0.15, 0.2) is 0 Å². The summed E-state index contributed by atoms with van der Waals surface area (Å²) >= 11 is 6.48. The first-order valence-corrected chi connectivity index (χ1v) is 15.2. The quantitative estimate of drug-likeness (QED) is 0.427. The Labute approximate surface area is 240 Å². The topological polar surface area (TPSA) is 98.7 Å². The standard InChI is InChI=1S/C25H26ClF3N6O3S2.H2/c1-16(35-10-2-3-17-15-18(26)4-9-21(17)35)22(36)34-13-11-33(12-14-34)19-5-7-20(8-6-19)40(37,38)32-24-30-23(31-39-24)25(27,28)29;/h4-9,15-16H,2-3,10-14H2,1H3,(H,30,31,32);1H/t16-;/m1./s1. The van der Waals surface area contributed by atoms with Crippen LogP contribution in [0.4, 0.5) is 29.7 Å². The maximum atomic E-state index is 13.4. The number of nitrogens with zero attached hydrogens (tertiary/aromatic N) is 5. The third-order valence-corrected chi connectivity index (χ3v) is 9.38. The molecule has 0 unspecified atom stereocenters. The molecule has 3 heterocycles. The number of benzene rings is 2. The van der Waals surface area contributed by atoms with E-state index < -0.39 is 27.2 Å². The van der Waals surface area contributed by atoms with Crippen LogP contribution >= 0.6 is 23.1 Å². The number of rotatable bonds is 6. The van der Waals surface area contributed by atoms with E-state index in [1.807, 2.05) is 34.7 Å². The van der Waals surface area contributed by atoms with Crippen LogP contribution in [-0.2, 0) is 27.4 Å². The number of alkyl halides is 3. The van der Waals surface area contributed by atoms with Crippen LogP contribution in [0.25, 0.3) is 0 Å². The molecule has 0 radical (unpaired) electrons. The zero-order valence-corrected chi connectivity index (χ0v) is 23.7. The Morgan fingerprint density at radius 2 is 1.80 bits per heavy atom. The monoisotopic (exact) mass is 616 g/mol. The maximum Gasteiger partial charge on any atom is 0.452 e. The van der Waals surface area contributed by atoms with Crippen LogP contribution in [0.3, 0.4) is 0 Å². The minimum Gasteiger partial charge on any atom is -0.368 e. The molecule has 2 aromatic carbocycles. The van der Waals surface area contributed by atoms with E-state index in [4.69, 9.17) is 11.6 Å². The summed E-state index contributed by atoms with van der Waals surface area (Å²) in [4.78, 5) is 22.5. The molecule has 40 heavy (non-hydrogen) atoms. The number of hydrogen-bond acceptors (Lipinski definition) is 8. The predicted octanol–water partition coefficient (Wildman–Crippen LogP) is 4.75. The molecule has 2 aliphatic rings. The Morgan fingerprint density at radius 1 is 1.10 bits per heavy atom. The molecule has 9 nitrogen and oxygen atoms in total. The van der Waals surface area contributed by atoms with Crippen molar-refractivity contribution in [3.05, 3.63) is 58.9 Å². The third-order valence-electron chi connectivity index (χ3n) is 7.03. The summed E-state index contributed by atoms with van der Waals surface area (Å²) in [6, 6.07) is 11.5. The highest BCUT2D eigenvalue weighted by molar-refractivity contribution is 7.93. The van der Waals surface area contributed by atoms with Gasteiger partial charge in [-0.15, -0.1) is 0 Å². The first-order chi connectivity index (χ1) is 18.9. The molecule has 0 saturated carbocycles. The number of amides is 1. The van der Waals surface area contributed by atoms with Crippen molar-refractivity contribution in [2.24, 2.45) is 0 Å². The lowest BCUT2D eigenvalue weighted by molar-refractivity contribution is -0.144. The number of aryl methyl sites for hydroxylation is 1. The molecule has 3 aromatic rings. The molecular weight excluding hydrogens is 589 g/mol. The number of nitrogens with one attached hydrogen (secondary N) is 1. The lowest BCUT2D eigenvalue weighted by atomic mass is 10.00. The van der Waals surface area contributed by atoms with E-state index in [0.29, 0.717) is 42.7 Å². The fourth-order valence-electron chi connectivity index (χ4n) is 4.97. The molecule has 15 heteroatoms. The first kappa shape index (κ1) is 28.4.